The van der Waals surface area contributed by atoms with Crippen LogP contribution in [0.4, 0.5) is 0 Å². The van der Waals surface area contributed by atoms with E-state index in [1.54, 1.807) is 48.5 Å². The minimum absolute atomic E-state index is 0.164. The van der Waals surface area contributed by atoms with Crippen LogP contribution in [0.5, 0.6) is 11.5 Å². The molecule has 0 radical (unpaired) electrons. The Bertz CT molecular complexity index is 1200. The maximum absolute atomic E-state index is 12.7. The molecule has 0 aliphatic carbocycles. The molecular formula is C22H20N2O6. The van der Waals surface area contributed by atoms with Crippen LogP contribution in [0.3, 0.4) is 0 Å². The SMILES string of the molecule is COC(=O)c1cn(NC(=O)C=Cc2ccc(OC)c(OC)c2)c(=O)c2ccccc12. The van der Waals surface area contributed by atoms with Gasteiger partial charge in [-0.15, -0.1) is 0 Å². The van der Waals surface area contributed by atoms with Crippen LogP contribution in [0.25, 0.3) is 16.8 Å². The summed E-state index contributed by atoms with van der Waals surface area (Å²) in [6.07, 6.45) is 4.07. The summed E-state index contributed by atoms with van der Waals surface area (Å²) in [5.74, 6) is -0.0845. The van der Waals surface area contributed by atoms with E-state index in [1.807, 2.05) is 0 Å². The van der Waals surface area contributed by atoms with Gasteiger partial charge in [-0.05, 0) is 29.8 Å². The average molecular weight is 408 g/mol. The number of hydrogen-bond donors (Lipinski definition) is 1. The first-order chi connectivity index (χ1) is 14.5. The Kier molecular flexibility index (Phi) is 6.17. The number of aromatic nitrogens is 1. The van der Waals surface area contributed by atoms with Crippen LogP contribution >= 0.6 is 0 Å². The Balaban J connectivity index is 1.90. The summed E-state index contributed by atoms with van der Waals surface area (Å²) >= 11 is 0. The number of methoxy groups -OCH3 is 3. The molecule has 0 saturated heterocycles. The van der Waals surface area contributed by atoms with Crippen LogP contribution in [0, 0.1) is 0 Å². The van der Waals surface area contributed by atoms with Crippen molar-refractivity contribution in [3.63, 3.8) is 0 Å². The van der Waals surface area contributed by atoms with Crippen molar-refractivity contribution in [1.29, 1.82) is 0 Å². The zero-order chi connectivity index (χ0) is 21.7. The molecule has 1 heterocycles. The molecule has 0 aliphatic rings. The highest BCUT2D eigenvalue weighted by Crippen LogP contribution is 2.27. The van der Waals surface area contributed by atoms with Crippen molar-refractivity contribution in [2.24, 2.45) is 0 Å². The van der Waals surface area contributed by atoms with Crippen LogP contribution in [0.1, 0.15) is 15.9 Å². The topological polar surface area (TPSA) is 95.9 Å². The predicted octanol–water partition coefficient (Wildman–Crippen LogP) is 2.59. The van der Waals surface area contributed by atoms with Crippen LogP contribution in [0.15, 0.2) is 59.5 Å². The largest absolute Gasteiger partial charge is 0.493 e. The summed E-state index contributed by atoms with van der Waals surface area (Å²) in [5.41, 5.74) is 2.85. The third-order valence-corrected chi connectivity index (χ3v) is 4.40. The van der Waals surface area contributed by atoms with Crippen LogP contribution in [-0.4, -0.2) is 37.9 Å². The van der Waals surface area contributed by atoms with E-state index in [2.05, 4.69) is 5.43 Å². The van der Waals surface area contributed by atoms with Gasteiger partial charge in [0, 0.05) is 23.0 Å². The molecule has 8 nitrogen and oxygen atoms in total. The predicted molar refractivity (Wildman–Crippen MR) is 112 cm³/mol. The second-order valence-corrected chi connectivity index (χ2v) is 6.18. The molecule has 1 N–H and O–H groups in total. The number of ether oxygens (including phenoxy) is 3. The molecule has 1 amide bonds. The summed E-state index contributed by atoms with van der Waals surface area (Å²) in [7, 11) is 4.30. The normalized spacial score (nSPS) is 10.8. The summed E-state index contributed by atoms with van der Waals surface area (Å²) in [6, 6.07) is 11.8. The molecular weight excluding hydrogens is 388 g/mol. The molecule has 0 saturated carbocycles. The van der Waals surface area contributed by atoms with E-state index in [0.717, 1.165) is 4.68 Å². The number of hydrogen-bond acceptors (Lipinski definition) is 6. The van der Waals surface area contributed by atoms with Crippen molar-refractivity contribution in [2.45, 2.75) is 0 Å². The lowest BCUT2D eigenvalue weighted by atomic mass is 10.1. The molecule has 3 rings (SSSR count). The van der Waals surface area contributed by atoms with Crippen molar-refractivity contribution in [1.82, 2.24) is 4.68 Å². The number of rotatable bonds is 6. The van der Waals surface area contributed by atoms with Gasteiger partial charge in [0.05, 0.1) is 26.9 Å². The molecule has 0 spiro atoms. The lowest BCUT2D eigenvalue weighted by Gasteiger charge is -2.11. The highest BCUT2D eigenvalue weighted by molar-refractivity contribution is 6.04. The zero-order valence-corrected chi connectivity index (χ0v) is 16.7. The number of nitrogens with zero attached hydrogens (tertiary/aromatic N) is 1. The fourth-order valence-electron chi connectivity index (χ4n) is 2.93. The first kappa shape index (κ1) is 20.7. The molecule has 8 heteroatoms. The van der Waals surface area contributed by atoms with Gasteiger partial charge >= 0.3 is 5.97 Å². The lowest BCUT2D eigenvalue weighted by molar-refractivity contribution is -0.112. The van der Waals surface area contributed by atoms with Gasteiger partial charge in [-0.3, -0.25) is 15.0 Å². The highest BCUT2D eigenvalue weighted by atomic mass is 16.5. The number of carbonyl (C=O) groups excluding carboxylic acids is 2. The van der Waals surface area contributed by atoms with Gasteiger partial charge in [-0.2, -0.15) is 0 Å². The van der Waals surface area contributed by atoms with E-state index in [1.165, 1.54) is 33.6 Å². The monoisotopic (exact) mass is 408 g/mol. The number of nitrogens with one attached hydrogen (secondary N) is 1. The second-order valence-electron chi connectivity index (χ2n) is 6.18. The molecule has 0 aliphatic heterocycles. The van der Waals surface area contributed by atoms with Crippen LogP contribution in [0.2, 0.25) is 0 Å². The molecule has 30 heavy (non-hydrogen) atoms. The van der Waals surface area contributed by atoms with E-state index < -0.39 is 17.4 Å². The standard InChI is InChI=1S/C22H20N2O6/c1-28-18-10-8-14(12-19(18)29-2)9-11-20(25)23-24-13-17(22(27)30-3)15-6-4-5-7-16(15)21(24)26/h4-13H,1-3H3,(H,23,25). The molecule has 0 unspecified atom stereocenters. The molecule has 0 fully saturated rings. The van der Waals surface area contributed by atoms with Gasteiger partial charge < -0.3 is 14.2 Å². The highest BCUT2D eigenvalue weighted by Gasteiger charge is 2.15. The molecule has 154 valence electrons. The number of esters is 1. The number of carbonyl (C=O) groups is 2. The Morgan fingerprint density at radius 2 is 1.67 bits per heavy atom. The molecule has 2 aromatic carbocycles. The minimum Gasteiger partial charge on any atom is -0.493 e. The number of amides is 1. The van der Waals surface area contributed by atoms with Crippen molar-refractivity contribution >= 4 is 28.7 Å². The maximum Gasteiger partial charge on any atom is 0.340 e. The molecule has 0 bridgehead atoms. The van der Waals surface area contributed by atoms with Crippen molar-refractivity contribution in [3.05, 3.63) is 76.2 Å². The first-order valence-corrected chi connectivity index (χ1v) is 8.92. The van der Waals surface area contributed by atoms with E-state index in [9.17, 15) is 14.4 Å². The fourth-order valence-corrected chi connectivity index (χ4v) is 2.93. The van der Waals surface area contributed by atoms with Gasteiger partial charge in [0.25, 0.3) is 11.5 Å². The number of fused-ring (bicyclic) bond motifs is 1. The van der Waals surface area contributed by atoms with Crippen molar-refractivity contribution < 1.29 is 23.8 Å². The Labute approximate surface area is 172 Å². The summed E-state index contributed by atoms with van der Waals surface area (Å²) in [6.45, 7) is 0. The lowest BCUT2D eigenvalue weighted by Crippen LogP contribution is -2.33. The smallest absolute Gasteiger partial charge is 0.340 e. The average Bonchev–Trinajstić information content (AvgIpc) is 2.78. The Morgan fingerprint density at radius 3 is 2.33 bits per heavy atom. The van der Waals surface area contributed by atoms with E-state index in [4.69, 9.17) is 14.2 Å². The fraction of sp³-hybridized carbons (Fsp3) is 0.136. The van der Waals surface area contributed by atoms with E-state index in [0.29, 0.717) is 22.4 Å². The maximum atomic E-state index is 12.7. The second kappa shape index (κ2) is 8.95. The van der Waals surface area contributed by atoms with Crippen LogP contribution in [-0.2, 0) is 9.53 Å². The quantitative estimate of drug-likeness (QED) is 0.498. The van der Waals surface area contributed by atoms with E-state index >= 15 is 0 Å². The summed E-state index contributed by atoms with van der Waals surface area (Å²) < 4.78 is 16.2. The number of pyridine rings is 1. The number of benzene rings is 2. The van der Waals surface area contributed by atoms with Gasteiger partial charge in [0.15, 0.2) is 11.5 Å². The van der Waals surface area contributed by atoms with Crippen LogP contribution < -0.4 is 20.5 Å². The Hall–Kier alpha value is -4.07. The van der Waals surface area contributed by atoms with Gasteiger partial charge in [0.1, 0.15) is 0 Å². The third kappa shape index (κ3) is 4.17. The summed E-state index contributed by atoms with van der Waals surface area (Å²) in [5, 5.41) is 0.727. The van der Waals surface area contributed by atoms with Gasteiger partial charge in [0.2, 0.25) is 0 Å². The van der Waals surface area contributed by atoms with E-state index in [-0.39, 0.29) is 10.9 Å². The molecule has 1 aromatic heterocycles. The van der Waals surface area contributed by atoms with Gasteiger partial charge in [-0.25, -0.2) is 9.47 Å². The van der Waals surface area contributed by atoms with Crippen molar-refractivity contribution in [2.75, 3.05) is 26.8 Å². The Morgan fingerprint density at radius 1 is 0.967 bits per heavy atom. The molecule has 3 aromatic rings. The third-order valence-electron chi connectivity index (χ3n) is 4.40. The minimum atomic E-state index is -0.616. The van der Waals surface area contributed by atoms with Crippen molar-refractivity contribution in [3.8, 4) is 11.5 Å². The van der Waals surface area contributed by atoms with Gasteiger partial charge in [-0.1, -0.05) is 24.3 Å². The molecule has 0 atom stereocenters. The summed E-state index contributed by atoms with van der Waals surface area (Å²) in [4.78, 5) is 37.2. The zero-order valence-electron chi connectivity index (χ0n) is 16.7. The first-order valence-electron chi connectivity index (χ1n) is 8.92.